The standard InChI is InChI=1S/C24H22ClN5O/c1-15(28-17-4-5-17)29-21-8-6-18(12-20(21)25)31-24-9-10-26-22-11-16(3-7-19(22)24)23-13-30(2)14-27-23/h3,6-14,17,28-29H,1,4-5H2,2H3. The first-order valence-corrected chi connectivity index (χ1v) is 10.5. The molecule has 1 aliphatic rings. The van der Waals surface area contributed by atoms with Gasteiger partial charge in [-0.05, 0) is 43.2 Å². The van der Waals surface area contributed by atoms with Crippen molar-refractivity contribution in [1.29, 1.82) is 0 Å². The van der Waals surface area contributed by atoms with E-state index in [1.165, 1.54) is 12.8 Å². The van der Waals surface area contributed by atoms with Gasteiger partial charge < -0.3 is 19.9 Å². The first-order valence-electron chi connectivity index (χ1n) is 10.1. The molecule has 1 saturated carbocycles. The minimum absolute atomic E-state index is 0.527. The summed E-state index contributed by atoms with van der Waals surface area (Å²) in [6.45, 7) is 4.00. The zero-order chi connectivity index (χ0) is 21.4. The summed E-state index contributed by atoms with van der Waals surface area (Å²) in [7, 11) is 1.95. The van der Waals surface area contributed by atoms with Crippen molar-refractivity contribution in [2.24, 2.45) is 7.05 Å². The van der Waals surface area contributed by atoms with Crippen molar-refractivity contribution >= 4 is 28.2 Å². The maximum atomic E-state index is 6.47. The van der Waals surface area contributed by atoms with E-state index in [0.717, 1.165) is 33.7 Å². The van der Waals surface area contributed by atoms with Crippen molar-refractivity contribution in [3.63, 3.8) is 0 Å². The van der Waals surface area contributed by atoms with Gasteiger partial charge in [-0.1, -0.05) is 24.2 Å². The van der Waals surface area contributed by atoms with Crippen LogP contribution >= 0.6 is 11.6 Å². The SMILES string of the molecule is C=C(Nc1ccc(Oc2ccnc3cc(-c4cn(C)cn4)ccc23)cc1Cl)NC1CC1. The average Bonchev–Trinajstić information content (AvgIpc) is 3.46. The topological polar surface area (TPSA) is 64.0 Å². The number of imidazole rings is 1. The minimum atomic E-state index is 0.527. The van der Waals surface area contributed by atoms with Gasteiger partial charge in [-0.3, -0.25) is 4.98 Å². The van der Waals surface area contributed by atoms with Gasteiger partial charge in [0.25, 0.3) is 0 Å². The van der Waals surface area contributed by atoms with Crippen LogP contribution in [0.25, 0.3) is 22.2 Å². The summed E-state index contributed by atoms with van der Waals surface area (Å²) in [5, 5.41) is 8.01. The maximum Gasteiger partial charge on any atom is 0.138 e. The molecule has 156 valence electrons. The van der Waals surface area contributed by atoms with Gasteiger partial charge in [-0.25, -0.2) is 4.98 Å². The lowest BCUT2D eigenvalue weighted by atomic mass is 10.1. The number of aromatic nitrogens is 3. The summed E-state index contributed by atoms with van der Waals surface area (Å²) in [4.78, 5) is 8.92. The molecule has 0 spiro atoms. The van der Waals surface area contributed by atoms with E-state index in [0.29, 0.717) is 22.6 Å². The van der Waals surface area contributed by atoms with Crippen molar-refractivity contribution in [3.05, 3.63) is 78.6 Å². The van der Waals surface area contributed by atoms with E-state index in [2.05, 4.69) is 27.2 Å². The van der Waals surface area contributed by atoms with Crippen LogP contribution in [0.1, 0.15) is 12.8 Å². The number of rotatable bonds is 7. The molecule has 1 aliphatic carbocycles. The van der Waals surface area contributed by atoms with Crippen LogP contribution in [0.15, 0.2) is 73.6 Å². The lowest BCUT2D eigenvalue weighted by Gasteiger charge is -2.14. The Labute approximate surface area is 185 Å². The van der Waals surface area contributed by atoms with Crippen molar-refractivity contribution in [1.82, 2.24) is 19.9 Å². The molecule has 2 aromatic heterocycles. The van der Waals surface area contributed by atoms with Crippen LogP contribution in [0.4, 0.5) is 5.69 Å². The second-order valence-electron chi connectivity index (χ2n) is 7.73. The van der Waals surface area contributed by atoms with Gasteiger partial charge in [0.05, 0.1) is 34.1 Å². The van der Waals surface area contributed by atoms with Gasteiger partial charge in [0, 0.05) is 42.5 Å². The quantitative estimate of drug-likeness (QED) is 0.392. The second-order valence-corrected chi connectivity index (χ2v) is 8.14. The molecule has 31 heavy (non-hydrogen) atoms. The molecular formula is C24H22ClN5O. The Morgan fingerprint density at radius 3 is 2.77 bits per heavy atom. The van der Waals surface area contributed by atoms with E-state index < -0.39 is 0 Å². The molecule has 2 heterocycles. The van der Waals surface area contributed by atoms with E-state index >= 15 is 0 Å². The largest absolute Gasteiger partial charge is 0.457 e. The monoisotopic (exact) mass is 431 g/mol. The molecule has 0 atom stereocenters. The summed E-state index contributed by atoms with van der Waals surface area (Å²) in [6, 6.07) is 14.0. The van der Waals surface area contributed by atoms with Gasteiger partial charge in [0.15, 0.2) is 0 Å². The predicted octanol–water partition coefficient (Wildman–Crippen LogP) is 5.72. The summed E-state index contributed by atoms with van der Waals surface area (Å²) >= 11 is 6.47. The van der Waals surface area contributed by atoms with Gasteiger partial charge in [0.1, 0.15) is 11.5 Å². The Hall–Kier alpha value is -3.51. The van der Waals surface area contributed by atoms with Gasteiger partial charge in [0.2, 0.25) is 0 Å². The number of ether oxygens (including phenoxy) is 1. The highest BCUT2D eigenvalue weighted by Gasteiger charge is 2.21. The van der Waals surface area contributed by atoms with Crippen LogP contribution < -0.4 is 15.4 Å². The third-order valence-electron chi connectivity index (χ3n) is 5.11. The fourth-order valence-electron chi connectivity index (χ4n) is 3.39. The number of fused-ring (bicyclic) bond motifs is 1. The zero-order valence-corrected chi connectivity index (χ0v) is 17.9. The summed E-state index contributed by atoms with van der Waals surface area (Å²) in [5.41, 5.74) is 3.54. The first-order chi connectivity index (χ1) is 15.0. The molecule has 0 aliphatic heterocycles. The minimum Gasteiger partial charge on any atom is -0.457 e. The molecule has 0 unspecified atom stereocenters. The highest BCUT2D eigenvalue weighted by molar-refractivity contribution is 6.33. The third kappa shape index (κ3) is 4.34. The summed E-state index contributed by atoms with van der Waals surface area (Å²) in [5.74, 6) is 2.12. The lowest BCUT2D eigenvalue weighted by Crippen LogP contribution is -2.20. The van der Waals surface area contributed by atoms with Crippen LogP contribution in [-0.2, 0) is 7.05 Å². The van der Waals surface area contributed by atoms with Crippen LogP contribution in [0, 0.1) is 0 Å². The number of anilines is 1. The fourth-order valence-corrected chi connectivity index (χ4v) is 3.61. The van der Waals surface area contributed by atoms with Crippen LogP contribution in [0.3, 0.4) is 0 Å². The molecule has 0 saturated heterocycles. The predicted molar refractivity (Wildman–Crippen MR) is 124 cm³/mol. The number of benzene rings is 2. The van der Waals surface area contributed by atoms with Crippen LogP contribution in [-0.4, -0.2) is 20.6 Å². The Balaban J connectivity index is 1.37. The number of pyridine rings is 1. The molecule has 0 radical (unpaired) electrons. The van der Waals surface area contributed by atoms with Crippen molar-refractivity contribution in [2.45, 2.75) is 18.9 Å². The highest BCUT2D eigenvalue weighted by Crippen LogP contribution is 2.34. The number of halogens is 1. The normalized spacial score (nSPS) is 13.2. The van der Waals surface area contributed by atoms with Crippen LogP contribution in [0.2, 0.25) is 5.02 Å². The first kappa shape index (κ1) is 19.5. The molecule has 2 aromatic carbocycles. The van der Waals surface area contributed by atoms with Gasteiger partial charge >= 0.3 is 0 Å². The molecule has 5 rings (SSSR count). The molecule has 2 N–H and O–H groups in total. The summed E-state index contributed by atoms with van der Waals surface area (Å²) in [6.07, 6.45) is 7.87. The second kappa shape index (κ2) is 7.96. The number of hydrogen-bond acceptors (Lipinski definition) is 5. The van der Waals surface area contributed by atoms with Crippen molar-refractivity contribution in [2.75, 3.05) is 5.32 Å². The van der Waals surface area contributed by atoms with Crippen molar-refractivity contribution in [3.8, 4) is 22.8 Å². The molecule has 0 amide bonds. The van der Waals surface area contributed by atoms with E-state index in [-0.39, 0.29) is 0 Å². The molecule has 7 heteroatoms. The molecule has 6 nitrogen and oxygen atoms in total. The number of aryl methyl sites for hydroxylation is 1. The van der Waals surface area contributed by atoms with Gasteiger partial charge in [-0.2, -0.15) is 0 Å². The third-order valence-corrected chi connectivity index (χ3v) is 5.43. The molecule has 1 fully saturated rings. The Kier molecular flexibility index (Phi) is 5.00. The zero-order valence-electron chi connectivity index (χ0n) is 17.1. The van der Waals surface area contributed by atoms with E-state index in [4.69, 9.17) is 16.3 Å². The van der Waals surface area contributed by atoms with Crippen LogP contribution in [0.5, 0.6) is 11.5 Å². The Bertz CT molecular complexity index is 1280. The molecule has 4 aromatic rings. The summed E-state index contributed by atoms with van der Waals surface area (Å²) < 4.78 is 8.07. The highest BCUT2D eigenvalue weighted by atomic mass is 35.5. The van der Waals surface area contributed by atoms with Gasteiger partial charge in [-0.15, -0.1) is 0 Å². The molecular weight excluding hydrogens is 410 g/mol. The molecule has 0 bridgehead atoms. The number of nitrogens with zero attached hydrogens (tertiary/aromatic N) is 3. The Morgan fingerprint density at radius 2 is 2.03 bits per heavy atom. The number of nitrogens with one attached hydrogen (secondary N) is 2. The van der Waals surface area contributed by atoms with E-state index in [1.54, 1.807) is 18.6 Å². The fraction of sp³-hybridized carbons (Fsp3) is 0.167. The lowest BCUT2D eigenvalue weighted by molar-refractivity contribution is 0.488. The smallest absolute Gasteiger partial charge is 0.138 e. The van der Waals surface area contributed by atoms with E-state index in [9.17, 15) is 0 Å². The number of hydrogen-bond donors (Lipinski definition) is 2. The maximum absolute atomic E-state index is 6.47. The average molecular weight is 432 g/mol. The van der Waals surface area contributed by atoms with E-state index in [1.807, 2.05) is 54.2 Å². The van der Waals surface area contributed by atoms with Crippen molar-refractivity contribution < 1.29 is 4.74 Å². The Morgan fingerprint density at radius 1 is 1.16 bits per heavy atom.